The van der Waals surface area contributed by atoms with E-state index in [1.165, 1.54) is 22.5 Å². The van der Waals surface area contributed by atoms with Crippen LogP contribution in [0.25, 0.3) is 11.3 Å². The molecule has 0 spiro atoms. The molecule has 2 amide bonds. The second-order valence-corrected chi connectivity index (χ2v) is 7.13. The predicted octanol–water partition coefficient (Wildman–Crippen LogP) is 4.81. The van der Waals surface area contributed by atoms with Crippen molar-refractivity contribution in [1.82, 2.24) is 10.3 Å². The lowest BCUT2D eigenvalue weighted by Crippen LogP contribution is -2.27. The maximum Gasteiger partial charge on any atom is 0.321 e. The molecule has 0 aliphatic carbocycles. The van der Waals surface area contributed by atoms with Gasteiger partial charge in [0.1, 0.15) is 0 Å². The van der Waals surface area contributed by atoms with Crippen molar-refractivity contribution in [2.75, 3.05) is 5.32 Å². The molecule has 3 aromatic rings. The van der Waals surface area contributed by atoms with Gasteiger partial charge in [-0.05, 0) is 30.9 Å². The molecule has 6 heteroatoms. The normalized spacial score (nSPS) is 10.5. The minimum Gasteiger partial charge on any atom is -0.333 e. The number of benzene rings is 1. The maximum absolute atomic E-state index is 11.9. The number of nitrogens with zero attached hydrogens (tertiary/aromatic N) is 1. The van der Waals surface area contributed by atoms with Gasteiger partial charge in [0.05, 0.1) is 12.2 Å². The highest BCUT2D eigenvalue weighted by atomic mass is 32.1. The summed E-state index contributed by atoms with van der Waals surface area (Å²) in [5.41, 5.74) is 4.40. The molecule has 1 aromatic carbocycles. The van der Waals surface area contributed by atoms with Crippen molar-refractivity contribution >= 4 is 33.8 Å². The van der Waals surface area contributed by atoms with Crippen LogP contribution in [0.15, 0.2) is 41.1 Å². The first-order valence-corrected chi connectivity index (χ1v) is 8.98. The molecule has 23 heavy (non-hydrogen) atoms. The van der Waals surface area contributed by atoms with Crippen LogP contribution < -0.4 is 10.6 Å². The number of rotatable bonds is 4. The van der Waals surface area contributed by atoms with Gasteiger partial charge in [-0.15, -0.1) is 22.7 Å². The molecule has 3 rings (SSSR count). The SMILES string of the molecule is Cc1ccc(-c2csc(NC(=O)NCc3cccs3)n2)c(C)c1. The Labute approximate surface area is 143 Å². The van der Waals surface area contributed by atoms with Gasteiger partial charge < -0.3 is 5.32 Å². The fourth-order valence-corrected chi connectivity index (χ4v) is 3.63. The minimum absolute atomic E-state index is 0.236. The van der Waals surface area contributed by atoms with Crippen LogP contribution in [0.5, 0.6) is 0 Å². The second kappa shape index (κ2) is 6.93. The van der Waals surface area contributed by atoms with Crippen LogP contribution in [0.3, 0.4) is 0 Å². The summed E-state index contributed by atoms with van der Waals surface area (Å²) < 4.78 is 0. The molecular formula is C17H17N3OS2. The fourth-order valence-electron chi connectivity index (χ4n) is 2.28. The highest BCUT2D eigenvalue weighted by molar-refractivity contribution is 7.14. The molecule has 0 aliphatic heterocycles. The topological polar surface area (TPSA) is 54.0 Å². The zero-order valence-corrected chi connectivity index (χ0v) is 14.6. The largest absolute Gasteiger partial charge is 0.333 e. The lowest BCUT2D eigenvalue weighted by Gasteiger charge is -2.04. The Balaban J connectivity index is 1.63. The van der Waals surface area contributed by atoms with E-state index in [1.54, 1.807) is 11.3 Å². The summed E-state index contributed by atoms with van der Waals surface area (Å²) in [6, 6.07) is 10.0. The highest BCUT2D eigenvalue weighted by Crippen LogP contribution is 2.27. The molecule has 0 saturated heterocycles. The van der Waals surface area contributed by atoms with Crippen LogP contribution in [0, 0.1) is 13.8 Å². The number of anilines is 1. The molecular weight excluding hydrogens is 326 g/mol. The molecule has 2 aromatic heterocycles. The standard InChI is InChI=1S/C17H17N3OS2/c1-11-5-6-14(12(2)8-11)15-10-23-17(19-15)20-16(21)18-9-13-4-3-7-22-13/h3-8,10H,9H2,1-2H3,(H2,18,19,20,21). The van der Waals surface area contributed by atoms with Crippen LogP contribution in [0.2, 0.25) is 0 Å². The number of carbonyl (C=O) groups is 1. The third-order valence-electron chi connectivity index (χ3n) is 3.39. The number of nitrogens with one attached hydrogen (secondary N) is 2. The molecule has 2 N–H and O–H groups in total. The number of carbonyl (C=O) groups excluding carboxylic acids is 1. The van der Waals surface area contributed by atoms with Gasteiger partial charge >= 0.3 is 6.03 Å². The van der Waals surface area contributed by atoms with Crippen molar-refractivity contribution in [2.45, 2.75) is 20.4 Å². The molecule has 0 unspecified atom stereocenters. The van der Waals surface area contributed by atoms with Crippen LogP contribution >= 0.6 is 22.7 Å². The van der Waals surface area contributed by atoms with Gasteiger partial charge in [0.2, 0.25) is 0 Å². The van der Waals surface area contributed by atoms with Crippen LogP contribution in [0.1, 0.15) is 16.0 Å². The van der Waals surface area contributed by atoms with Crippen LogP contribution in [0.4, 0.5) is 9.93 Å². The third-order valence-corrected chi connectivity index (χ3v) is 5.02. The molecule has 118 valence electrons. The summed E-state index contributed by atoms with van der Waals surface area (Å²) >= 11 is 3.05. The number of hydrogen-bond donors (Lipinski definition) is 2. The van der Waals surface area contributed by atoms with Gasteiger partial charge in [-0.1, -0.05) is 29.8 Å². The molecule has 0 bridgehead atoms. The zero-order valence-electron chi connectivity index (χ0n) is 12.9. The average Bonchev–Trinajstić information content (AvgIpc) is 3.17. The van der Waals surface area contributed by atoms with Gasteiger partial charge in [0.25, 0.3) is 0 Å². The van der Waals surface area contributed by atoms with Crippen molar-refractivity contribution in [3.63, 3.8) is 0 Å². The summed E-state index contributed by atoms with van der Waals surface area (Å²) in [6.45, 7) is 4.67. The molecule has 0 radical (unpaired) electrons. The molecule has 0 fully saturated rings. The van der Waals surface area contributed by atoms with E-state index in [9.17, 15) is 4.79 Å². The van der Waals surface area contributed by atoms with Crippen LogP contribution in [-0.4, -0.2) is 11.0 Å². The summed E-state index contributed by atoms with van der Waals surface area (Å²) in [5.74, 6) is 0. The minimum atomic E-state index is -0.236. The molecule has 0 atom stereocenters. The van der Waals surface area contributed by atoms with Crippen LogP contribution in [-0.2, 0) is 6.54 Å². The Bertz CT molecular complexity index is 809. The first kappa shape index (κ1) is 15.7. The summed E-state index contributed by atoms with van der Waals surface area (Å²) in [4.78, 5) is 17.5. The Morgan fingerprint density at radius 3 is 2.83 bits per heavy atom. The Morgan fingerprint density at radius 2 is 2.09 bits per heavy atom. The van der Waals surface area contributed by atoms with Crippen molar-refractivity contribution < 1.29 is 4.79 Å². The summed E-state index contributed by atoms with van der Waals surface area (Å²) in [5, 5.41) is 10.2. The van der Waals surface area contributed by atoms with Crippen molar-refractivity contribution in [3.8, 4) is 11.3 Å². The van der Waals surface area contributed by atoms with Crippen molar-refractivity contribution in [1.29, 1.82) is 0 Å². The van der Waals surface area contributed by atoms with Gasteiger partial charge in [0, 0.05) is 15.8 Å². The summed E-state index contributed by atoms with van der Waals surface area (Å²) in [6.07, 6.45) is 0. The van der Waals surface area contributed by atoms with Gasteiger partial charge in [-0.25, -0.2) is 9.78 Å². The van der Waals surface area contributed by atoms with E-state index < -0.39 is 0 Å². The van der Waals surface area contributed by atoms with E-state index in [0.717, 1.165) is 16.1 Å². The first-order valence-electron chi connectivity index (χ1n) is 7.22. The Morgan fingerprint density at radius 1 is 1.22 bits per heavy atom. The lowest BCUT2D eigenvalue weighted by atomic mass is 10.0. The maximum atomic E-state index is 11.9. The van der Waals surface area contributed by atoms with Crippen molar-refractivity contribution in [3.05, 3.63) is 57.1 Å². The Hall–Kier alpha value is -2.18. The number of hydrogen-bond acceptors (Lipinski definition) is 4. The molecule has 0 saturated carbocycles. The number of thiazole rings is 1. The van der Waals surface area contributed by atoms with E-state index in [1.807, 2.05) is 22.9 Å². The van der Waals surface area contributed by atoms with E-state index in [2.05, 4.69) is 47.7 Å². The number of aryl methyl sites for hydroxylation is 2. The van der Waals surface area contributed by atoms with Gasteiger partial charge in [-0.3, -0.25) is 5.32 Å². The number of urea groups is 1. The third kappa shape index (κ3) is 3.97. The summed E-state index contributed by atoms with van der Waals surface area (Å²) in [7, 11) is 0. The molecule has 0 aliphatic rings. The van der Waals surface area contributed by atoms with E-state index >= 15 is 0 Å². The zero-order chi connectivity index (χ0) is 16.2. The smallest absolute Gasteiger partial charge is 0.321 e. The average molecular weight is 343 g/mol. The van der Waals surface area contributed by atoms with E-state index in [0.29, 0.717) is 11.7 Å². The van der Waals surface area contributed by atoms with Gasteiger partial charge in [0.15, 0.2) is 5.13 Å². The fraction of sp³-hybridized carbons (Fsp3) is 0.176. The molecule has 4 nitrogen and oxygen atoms in total. The van der Waals surface area contributed by atoms with E-state index in [-0.39, 0.29) is 6.03 Å². The van der Waals surface area contributed by atoms with Gasteiger partial charge in [-0.2, -0.15) is 0 Å². The highest BCUT2D eigenvalue weighted by Gasteiger charge is 2.09. The molecule has 2 heterocycles. The van der Waals surface area contributed by atoms with E-state index in [4.69, 9.17) is 0 Å². The number of thiophene rings is 1. The number of aromatic nitrogens is 1. The Kier molecular flexibility index (Phi) is 4.73. The predicted molar refractivity (Wildman–Crippen MR) is 97.2 cm³/mol. The number of amides is 2. The second-order valence-electron chi connectivity index (χ2n) is 5.24. The quantitative estimate of drug-likeness (QED) is 0.714. The first-order chi connectivity index (χ1) is 11.1. The lowest BCUT2D eigenvalue weighted by molar-refractivity contribution is 0.252. The van der Waals surface area contributed by atoms with Crippen molar-refractivity contribution in [2.24, 2.45) is 0 Å². The monoisotopic (exact) mass is 343 g/mol.